The second-order valence-electron chi connectivity index (χ2n) is 4.50. The monoisotopic (exact) mass is 300 g/mol. The summed E-state index contributed by atoms with van der Waals surface area (Å²) < 4.78 is 18.9. The molecule has 0 fully saturated rings. The summed E-state index contributed by atoms with van der Waals surface area (Å²) in [6.45, 7) is 0. The van der Waals surface area contributed by atoms with E-state index in [1.165, 1.54) is 18.2 Å². The molecule has 0 aliphatic rings. The summed E-state index contributed by atoms with van der Waals surface area (Å²) in [7, 11) is 0. The fraction of sp³-hybridized carbons (Fsp3) is 0. The zero-order valence-corrected chi connectivity index (χ0v) is 11.6. The summed E-state index contributed by atoms with van der Waals surface area (Å²) in [5.74, 6) is -1.17. The molecule has 0 radical (unpaired) electrons. The minimum Gasteiger partial charge on any atom is -0.423 e. The first-order valence-corrected chi connectivity index (χ1v) is 6.68. The molecule has 3 rings (SSSR count). The molecule has 0 aliphatic carbocycles. The lowest BCUT2D eigenvalue weighted by atomic mass is 10.1. The summed E-state index contributed by atoms with van der Waals surface area (Å²) in [5, 5.41) is 1.99. The molecule has 0 atom stereocenters. The molecule has 3 aromatic carbocycles. The van der Waals surface area contributed by atoms with E-state index >= 15 is 0 Å². The van der Waals surface area contributed by atoms with Crippen molar-refractivity contribution in [2.24, 2.45) is 0 Å². The van der Waals surface area contributed by atoms with E-state index in [-0.39, 0.29) is 10.6 Å². The van der Waals surface area contributed by atoms with Gasteiger partial charge < -0.3 is 4.74 Å². The minimum atomic E-state index is -0.812. The van der Waals surface area contributed by atoms with Gasteiger partial charge in [-0.3, -0.25) is 0 Å². The van der Waals surface area contributed by atoms with Gasteiger partial charge in [0.25, 0.3) is 0 Å². The number of halogens is 2. The Kier molecular flexibility index (Phi) is 3.59. The van der Waals surface area contributed by atoms with Crippen molar-refractivity contribution in [3.05, 3.63) is 77.1 Å². The van der Waals surface area contributed by atoms with Crippen LogP contribution >= 0.6 is 11.6 Å². The lowest BCUT2D eigenvalue weighted by molar-refractivity contribution is 0.0730. The standard InChI is InChI=1S/C17H10ClFO2/c18-14-6-3-7-15(19)16(14)17(20)21-13-9-8-11-4-1-2-5-12(11)10-13/h1-10H. The first kappa shape index (κ1) is 13.6. The van der Waals surface area contributed by atoms with Crippen molar-refractivity contribution in [2.45, 2.75) is 0 Å². The number of hydrogen-bond acceptors (Lipinski definition) is 2. The summed E-state index contributed by atoms with van der Waals surface area (Å²) >= 11 is 5.84. The summed E-state index contributed by atoms with van der Waals surface area (Å²) in [5.41, 5.74) is -0.257. The third kappa shape index (κ3) is 2.73. The molecule has 0 aromatic heterocycles. The van der Waals surface area contributed by atoms with Gasteiger partial charge in [-0.05, 0) is 35.0 Å². The SMILES string of the molecule is O=C(Oc1ccc2ccccc2c1)c1c(F)cccc1Cl. The Hall–Kier alpha value is -2.39. The maximum atomic E-state index is 13.7. The molecular formula is C17H10ClFO2. The Morgan fingerprint density at radius 2 is 1.71 bits per heavy atom. The topological polar surface area (TPSA) is 26.3 Å². The highest BCUT2D eigenvalue weighted by Gasteiger charge is 2.18. The third-order valence-electron chi connectivity index (χ3n) is 3.10. The van der Waals surface area contributed by atoms with Crippen LogP contribution in [0.15, 0.2) is 60.7 Å². The van der Waals surface area contributed by atoms with Crippen molar-refractivity contribution in [3.63, 3.8) is 0 Å². The van der Waals surface area contributed by atoms with E-state index < -0.39 is 11.8 Å². The smallest absolute Gasteiger partial charge is 0.348 e. The van der Waals surface area contributed by atoms with Crippen molar-refractivity contribution < 1.29 is 13.9 Å². The Morgan fingerprint density at radius 1 is 0.952 bits per heavy atom. The van der Waals surface area contributed by atoms with E-state index in [1.807, 2.05) is 30.3 Å². The van der Waals surface area contributed by atoms with Gasteiger partial charge in [0.15, 0.2) is 0 Å². The van der Waals surface area contributed by atoms with Crippen LogP contribution in [0.2, 0.25) is 5.02 Å². The number of ether oxygens (including phenoxy) is 1. The average molecular weight is 301 g/mol. The van der Waals surface area contributed by atoms with Crippen molar-refractivity contribution >= 4 is 28.3 Å². The van der Waals surface area contributed by atoms with Crippen LogP contribution in [0.5, 0.6) is 5.75 Å². The number of hydrogen-bond donors (Lipinski definition) is 0. The zero-order chi connectivity index (χ0) is 14.8. The van der Waals surface area contributed by atoms with Crippen LogP contribution in [0.1, 0.15) is 10.4 Å². The predicted molar refractivity (Wildman–Crippen MR) is 80.3 cm³/mol. The maximum Gasteiger partial charge on any atom is 0.348 e. The Balaban J connectivity index is 1.93. The summed E-state index contributed by atoms with van der Waals surface area (Å²) in [4.78, 5) is 12.0. The first-order chi connectivity index (χ1) is 10.1. The van der Waals surface area contributed by atoms with Crippen LogP contribution < -0.4 is 4.74 Å². The number of carbonyl (C=O) groups is 1. The van der Waals surface area contributed by atoms with Gasteiger partial charge in [-0.15, -0.1) is 0 Å². The van der Waals surface area contributed by atoms with E-state index in [2.05, 4.69) is 0 Å². The van der Waals surface area contributed by atoms with Crippen LogP contribution in [0.3, 0.4) is 0 Å². The molecule has 0 N–H and O–H groups in total. The van der Waals surface area contributed by atoms with Gasteiger partial charge in [-0.2, -0.15) is 0 Å². The quantitative estimate of drug-likeness (QED) is 0.499. The predicted octanol–water partition coefficient (Wildman–Crippen LogP) is 4.85. The highest BCUT2D eigenvalue weighted by Crippen LogP contribution is 2.24. The highest BCUT2D eigenvalue weighted by atomic mass is 35.5. The number of carbonyl (C=O) groups excluding carboxylic acids is 1. The number of benzene rings is 3. The van der Waals surface area contributed by atoms with Gasteiger partial charge in [0.1, 0.15) is 17.1 Å². The van der Waals surface area contributed by atoms with E-state index in [0.717, 1.165) is 10.8 Å². The largest absolute Gasteiger partial charge is 0.423 e. The van der Waals surface area contributed by atoms with Gasteiger partial charge in [0, 0.05) is 0 Å². The molecular weight excluding hydrogens is 291 g/mol. The second-order valence-corrected chi connectivity index (χ2v) is 4.90. The molecule has 0 amide bonds. The molecule has 0 heterocycles. The summed E-state index contributed by atoms with van der Waals surface area (Å²) in [6, 6.07) is 16.9. The van der Waals surface area contributed by atoms with Crippen molar-refractivity contribution in [1.29, 1.82) is 0 Å². The molecule has 3 aromatic rings. The number of fused-ring (bicyclic) bond motifs is 1. The van der Waals surface area contributed by atoms with Crippen LogP contribution in [0.25, 0.3) is 10.8 Å². The highest BCUT2D eigenvalue weighted by molar-refractivity contribution is 6.33. The molecule has 0 saturated carbocycles. The molecule has 104 valence electrons. The number of esters is 1. The van der Waals surface area contributed by atoms with E-state index in [1.54, 1.807) is 12.1 Å². The third-order valence-corrected chi connectivity index (χ3v) is 3.41. The first-order valence-electron chi connectivity index (χ1n) is 6.30. The van der Waals surface area contributed by atoms with E-state index in [0.29, 0.717) is 5.75 Å². The van der Waals surface area contributed by atoms with Crippen molar-refractivity contribution in [2.75, 3.05) is 0 Å². The maximum absolute atomic E-state index is 13.7. The zero-order valence-electron chi connectivity index (χ0n) is 10.8. The normalized spacial score (nSPS) is 10.6. The fourth-order valence-electron chi connectivity index (χ4n) is 2.08. The van der Waals surface area contributed by atoms with Crippen molar-refractivity contribution in [1.82, 2.24) is 0 Å². The van der Waals surface area contributed by atoms with Crippen LogP contribution in [-0.4, -0.2) is 5.97 Å². The van der Waals surface area contributed by atoms with Gasteiger partial charge in [0.2, 0.25) is 0 Å². The molecule has 0 unspecified atom stereocenters. The van der Waals surface area contributed by atoms with Crippen LogP contribution in [-0.2, 0) is 0 Å². The molecule has 21 heavy (non-hydrogen) atoms. The molecule has 0 spiro atoms. The summed E-state index contributed by atoms with van der Waals surface area (Å²) in [6.07, 6.45) is 0. The Labute approximate surface area is 125 Å². The Morgan fingerprint density at radius 3 is 2.48 bits per heavy atom. The van der Waals surface area contributed by atoms with E-state index in [4.69, 9.17) is 16.3 Å². The average Bonchev–Trinajstić information content (AvgIpc) is 2.47. The van der Waals surface area contributed by atoms with Crippen LogP contribution in [0, 0.1) is 5.82 Å². The lowest BCUT2D eigenvalue weighted by Crippen LogP contribution is -2.11. The Bertz CT molecular complexity index is 810. The molecule has 0 bridgehead atoms. The molecule has 2 nitrogen and oxygen atoms in total. The lowest BCUT2D eigenvalue weighted by Gasteiger charge is -2.07. The van der Waals surface area contributed by atoms with Crippen LogP contribution in [0.4, 0.5) is 4.39 Å². The molecule has 0 saturated heterocycles. The molecule has 0 aliphatic heterocycles. The van der Waals surface area contributed by atoms with Gasteiger partial charge >= 0.3 is 5.97 Å². The fourth-order valence-corrected chi connectivity index (χ4v) is 2.32. The molecule has 4 heteroatoms. The van der Waals surface area contributed by atoms with Gasteiger partial charge in [-0.25, -0.2) is 9.18 Å². The van der Waals surface area contributed by atoms with Crippen molar-refractivity contribution in [3.8, 4) is 5.75 Å². The number of rotatable bonds is 2. The van der Waals surface area contributed by atoms with E-state index in [9.17, 15) is 9.18 Å². The van der Waals surface area contributed by atoms with Gasteiger partial charge in [-0.1, -0.05) is 48.0 Å². The van der Waals surface area contributed by atoms with Gasteiger partial charge in [0.05, 0.1) is 5.02 Å². The second kappa shape index (κ2) is 5.54. The minimum absolute atomic E-state index is 0.0285.